The lowest BCUT2D eigenvalue weighted by molar-refractivity contribution is -0.135. The van der Waals surface area contributed by atoms with Gasteiger partial charge in [-0.15, -0.1) is 0 Å². The number of hydrogen-bond acceptors (Lipinski definition) is 3. The number of likely N-dealkylation sites (tertiary alicyclic amines) is 1. The van der Waals surface area contributed by atoms with Crippen LogP contribution in [0.3, 0.4) is 0 Å². The summed E-state index contributed by atoms with van der Waals surface area (Å²) in [5.74, 6) is -0.0809. The predicted octanol–water partition coefficient (Wildman–Crippen LogP) is 2.53. The van der Waals surface area contributed by atoms with Crippen molar-refractivity contribution in [3.63, 3.8) is 0 Å². The third kappa shape index (κ3) is 4.22. The zero-order valence-corrected chi connectivity index (χ0v) is 14.0. The summed E-state index contributed by atoms with van der Waals surface area (Å²) in [7, 11) is 0. The molecule has 0 aromatic carbocycles. The molecule has 2 fully saturated rings. The van der Waals surface area contributed by atoms with E-state index < -0.39 is 0 Å². The Bertz CT molecular complexity index is 594. The van der Waals surface area contributed by atoms with E-state index in [0.29, 0.717) is 6.54 Å². The fourth-order valence-electron chi connectivity index (χ4n) is 3.59. The second kappa shape index (κ2) is 8.08. The molecule has 1 N–H and O–H groups in total. The molecular weight excluding hydrogens is 302 g/mol. The summed E-state index contributed by atoms with van der Waals surface area (Å²) in [6.07, 6.45) is 14.1. The normalized spacial score (nSPS) is 22.0. The zero-order valence-electron chi connectivity index (χ0n) is 14.0. The van der Waals surface area contributed by atoms with Crippen molar-refractivity contribution in [3.8, 4) is 0 Å². The highest BCUT2D eigenvalue weighted by molar-refractivity contribution is 5.96. The van der Waals surface area contributed by atoms with Crippen molar-refractivity contribution < 1.29 is 9.59 Å². The lowest BCUT2D eigenvalue weighted by atomic mass is 9.95. The van der Waals surface area contributed by atoms with Crippen molar-refractivity contribution in [2.75, 3.05) is 6.54 Å². The van der Waals surface area contributed by atoms with Crippen LogP contribution in [0.15, 0.2) is 30.6 Å². The van der Waals surface area contributed by atoms with Gasteiger partial charge >= 0.3 is 0 Å². The number of pyridine rings is 1. The molecule has 3 rings (SSSR count). The van der Waals surface area contributed by atoms with E-state index in [0.717, 1.165) is 31.2 Å². The fourth-order valence-corrected chi connectivity index (χ4v) is 3.59. The fraction of sp³-hybridized carbons (Fsp3) is 0.526. The quantitative estimate of drug-likeness (QED) is 0.865. The maximum Gasteiger partial charge on any atom is 0.247 e. The minimum atomic E-state index is -0.321. The second-order valence-electron chi connectivity index (χ2n) is 6.65. The van der Waals surface area contributed by atoms with Crippen molar-refractivity contribution in [1.29, 1.82) is 0 Å². The van der Waals surface area contributed by atoms with E-state index in [9.17, 15) is 9.59 Å². The zero-order chi connectivity index (χ0) is 16.8. The van der Waals surface area contributed by atoms with Gasteiger partial charge in [0.2, 0.25) is 11.8 Å². The van der Waals surface area contributed by atoms with Crippen LogP contribution in [0.2, 0.25) is 0 Å². The topological polar surface area (TPSA) is 62.3 Å². The molecule has 2 amide bonds. The Kier molecular flexibility index (Phi) is 5.62. The third-order valence-electron chi connectivity index (χ3n) is 4.89. The summed E-state index contributed by atoms with van der Waals surface area (Å²) in [5.41, 5.74) is 0.883. The van der Waals surface area contributed by atoms with Gasteiger partial charge in [-0.25, -0.2) is 0 Å². The molecule has 1 aromatic rings. The Labute approximate surface area is 143 Å². The van der Waals surface area contributed by atoms with E-state index in [-0.39, 0.29) is 23.9 Å². The highest BCUT2D eigenvalue weighted by Gasteiger charge is 2.34. The molecule has 2 heterocycles. The van der Waals surface area contributed by atoms with Crippen molar-refractivity contribution >= 4 is 17.9 Å². The molecule has 1 aliphatic carbocycles. The average molecular weight is 327 g/mol. The Morgan fingerprint density at radius 3 is 2.75 bits per heavy atom. The van der Waals surface area contributed by atoms with Gasteiger partial charge in [0.25, 0.3) is 0 Å². The van der Waals surface area contributed by atoms with Gasteiger partial charge in [-0.3, -0.25) is 14.6 Å². The lowest BCUT2D eigenvalue weighted by Crippen LogP contribution is -2.48. The molecular formula is C19H25N3O2. The number of aromatic nitrogens is 1. The van der Waals surface area contributed by atoms with Gasteiger partial charge in [-0.2, -0.15) is 0 Å². The number of carbonyl (C=O) groups is 2. The van der Waals surface area contributed by atoms with Gasteiger partial charge in [0, 0.05) is 31.1 Å². The van der Waals surface area contributed by atoms with Crippen LogP contribution < -0.4 is 5.32 Å². The molecule has 1 saturated carbocycles. The highest BCUT2D eigenvalue weighted by atomic mass is 16.2. The maximum atomic E-state index is 12.6. The van der Waals surface area contributed by atoms with E-state index in [2.05, 4.69) is 10.3 Å². The first-order chi connectivity index (χ1) is 11.7. The molecule has 5 nitrogen and oxygen atoms in total. The lowest BCUT2D eigenvalue weighted by Gasteiger charge is -2.27. The largest absolute Gasteiger partial charge is 0.352 e. The molecule has 1 saturated heterocycles. The Morgan fingerprint density at radius 2 is 2.00 bits per heavy atom. The molecule has 0 spiro atoms. The first-order valence-corrected chi connectivity index (χ1v) is 8.93. The first-order valence-electron chi connectivity index (χ1n) is 8.93. The smallest absolute Gasteiger partial charge is 0.247 e. The molecule has 128 valence electrons. The van der Waals surface area contributed by atoms with Crippen LogP contribution >= 0.6 is 0 Å². The summed E-state index contributed by atoms with van der Waals surface area (Å²) in [5, 5.41) is 3.15. The number of amides is 2. The van der Waals surface area contributed by atoms with E-state index in [4.69, 9.17) is 0 Å². The van der Waals surface area contributed by atoms with Gasteiger partial charge < -0.3 is 10.2 Å². The molecule has 5 heteroatoms. The van der Waals surface area contributed by atoms with Crippen molar-refractivity contribution in [1.82, 2.24) is 15.2 Å². The van der Waals surface area contributed by atoms with E-state index >= 15 is 0 Å². The van der Waals surface area contributed by atoms with Crippen molar-refractivity contribution in [2.24, 2.45) is 0 Å². The average Bonchev–Trinajstić information content (AvgIpc) is 3.11. The minimum absolute atomic E-state index is 0.0162. The van der Waals surface area contributed by atoms with Crippen LogP contribution in [0.1, 0.15) is 50.5 Å². The van der Waals surface area contributed by atoms with Gasteiger partial charge in [-0.05, 0) is 43.4 Å². The number of hydrogen-bond donors (Lipinski definition) is 1. The van der Waals surface area contributed by atoms with E-state index in [1.807, 2.05) is 12.1 Å². The molecule has 24 heavy (non-hydrogen) atoms. The van der Waals surface area contributed by atoms with E-state index in [1.165, 1.54) is 19.3 Å². The number of rotatable bonds is 4. The molecule has 0 unspecified atom stereocenters. The summed E-state index contributed by atoms with van der Waals surface area (Å²) in [4.78, 5) is 30.8. The molecule has 1 aliphatic heterocycles. The van der Waals surface area contributed by atoms with Crippen molar-refractivity contribution in [2.45, 2.75) is 57.0 Å². The van der Waals surface area contributed by atoms with Crippen LogP contribution in [0.4, 0.5) is 0 Å². The minimum Gasteiger partial charge on any atom is -0.352 e. The third-order valence-corrected chi connectivity index (χ3v) is 4.89. The predicted molar refractivity (Wildman–Crippen MR) is 93.0 cm³/mol. The Balaban J connectivity index is 1.58. The number of nitrogens with one attached hydrogen (secondary N) is 1. The maximum absolute atomic E-state index is 12.6. The second-order valence-corrected chi connectivity index (χ2v) is 6.65. The van der Waals surface area contributed by atoms with Gasteiger partial charge in [0.05, 0.1) is 0 Å². The summed E-state index contributed by atoms with van der Waals surface area (Å²) in [6.45, 7) is 0.652. The molecule has 0 bridgehead atoms. The standard InChI is InChI=1S/C19H25N3O2/c23-18(11-10-15-6-4-12-20-14-15)22-13-5-9-17(22)19(24)21-16-7-2-1-3-8-16/h4,6,10-12,14,16-17H,1-3,5,7-9,13H2,(H,21,24)/b11-10+/t17-/m0/s1. The summed E-state index contributed by atoms with van der Waals surface area (Å²) in [6, 6.07) is 3.70. The van der Waals surface area contributed by atoms with Crippen LogP contribution in [0.5, 0.6) is 0 Å². The SMILES string of the molecule is O=C(NC1CCCCC1)[C@@H]1CCCN1C(=O)/C=C/c1cccnc1. The summed E-state index contributed by atoms with van der Waals surface area (Å²) >= 11 is 0. The van der Waals surface area contributed by atoms with Crippen molar-refractivity contribution in [3.05, 3.63) is 36.2 Å². The van der Waals surface area contributed by atoms with E-state index in [1.54, 1.807) is 29.4 Å². The van der Waals surface area contributed by atoms with Crippen LogP contribution in [0, 0.1) is 0 Å². The van der Waals surface area contributed by atoms with Crippen LogP contribution in [-0.2, 0) is 9.59 Å². The Hall–Kier alpha value is -2.17. The van der Waals surface area contributed by atoms with Crippen LogP contribution in [-0.4, -0.2) is 40.3 Å². The molecule has 1 atom stereocenters. The molecule has 0 radical (unpaired) electrons. The monoisotopic (exact) mass is 327 g/mol. The summed E-state index contributed by atoms with van der Waals surface area (Å²) < 4.78 is 0. The van der Waals surface area contributed by atoms with Gasteiger partial charge in [0.1, 0.15) is 6.04 Å². The molecule has 2 aliphatic rings. The number of nitrogens with zero attached hydrogens (tertiary/aromatic N) is 2. The van der Waals surface area contributed by atoms with Gasteiger partial charge in [0.15, 0.2) is 0 Å². The number of carbonyl (C=O) groups excluding carboxylic acids is 2. The Morgan fingerprint density at radius 1 is 1.17 bits per heavy atom. The first kappa shape index (κ1) is 16.7. The van der Waals surface area contributed by atoms with Crippen LogP contribution in [0.25, 0.3) is 6.08 Å². The highest BCUT2D eigenvalue weighted by Crippen LogP contribution is 2.21. The molecule has 1 aromatic heterocycles. The van der Waals surface area contributed by atoms with Gasteiger partial charge in [-0.1, -0.05) is 25.3 Å².